The lowest BCUT2D eigenvalue weighted by atomic mass is 10.2. The predicted molar refractivity (Wildman–Crippen MR) is 70.0 cm³/mol. The molecule has 0 aromatic rings. The van der Waals surface area contributed by atoms with Crippen LogP contribution in [0.25, 0.3) is 0 Å². The molecule has 0 aliphatic rings. The van der Waals surface area contributed by atoms with Crippen molar-refractivity contribution in [1.29, 1.82) is 0 Å². The van der Waals surface area contributed by atoms with E-state index >= 15 is 0 Å². The van der Waals surface area contributed by atoms with Gasteiger partial charge in [0, 0.05) is 30.8 Å². The Balaban J connectivity index is 3.24. The summed E-state index contributed by atoms with van der Waals surface area (Å²) in [6.45, 7) is 8.70. The minimum absolute atomic E-state index is 0.0362. The second-order valence-corrected chi connectivity index (χ2v) is 4.46. The average Bonchev–Trinajstić information content (AvgIpc) is 2.25. The van der Waals surface area contributed by atoms with E-state index in [2.05, 4.69) is 37.1 Å². The number of hydrogen-bond donors (Lipinski definition) is 3. The highest BCUT2D eigenvalue weighted by atomic mass is 32.1. The molecule has 0 rings (SSSR count). The number of thiol groups is 1. The molecule has 1 atom stereocenters. The molecule has 0 aromatic heterocycles. The first kappa shape index (κ1) is 15.7. The maximum atomic E-state index is 11.3. The van der Waals surface area contributed by atoms with E-state index in [1.54, 1.807) is 0 Å². The summed E-state index contributed by atoms with van der Waals surface area (Å²) >= 11 is 4.06. The van der Waals surface area contributed by atoms with E-state index in [1.807, 2.05) is 6.92 Å². The SMILES string of the molecule is CC(C)NCCOCCNC(=O)C(C)CS. The number of amides is 1. The summed E-state index contributed by atoms with van der Waals surface area (Å²) in [5, 5.41) is 6.05. The molecular formula is C11H24N2O2S. The molecule has 0 aromatic carbocycles. The van der Waals surface area contributed by atoms with Gasteiger partial charge in [0.05, 0.1) is 13.2 Å². The second kappa shape index (κ2) is 9.93. The van der Waals surface area contributed by atoms with Crippen molar-refractivity contribution >= 4 is 18.5 Å². The van der Waals surface area contributed by atoms with E-state index < -0.39 is 0 Å². The Morgan fingerprint density at radius 1 is 1.25 bits per heavy atom. The maximum Gasteiger partial charge on any atom is 0.223 e. The van der Waals surface area contributed by atoms with Crippen LogP contribution < -0.4 is 10.6 Å². The fraction of sp³-hybridized carbons (Fsp3) is 0.909. The topological polar surface area (TPSA) is 50.4 Å². The van der Waals surface area contributed by atoms with Gasteiger partial charge in [-0.3, -0.25) is 4.79 Å². The molecule has 2 N–H and O–H groups in total. The first-order valence-corrected chi connectivity index (χ1v) is 6.40. The van der Waals surface area contributed by atoms with Gasteiger partial charge < -0.3 is 15.4 Å². The van der Waals surface area contributed by atoms with Crippen LogP contribution in [-0.2, 0) is 9.53 Å². The molecular weight excluding hydrogens is 224 g/mol. The van der Waals surface area contributed by atoms with Crippen LogP contribution in [0.4, 0.5) is 0 Å². The summed E-state index contributed by atoms with van der Waals surface area (Å²) in [6, 6.07) is 0.486. The monoisotopic (exact) mass is 248 g/mol. The van der Waals surface area contributed by atoms with Crippen molar-refractivity contribution in [3.8, 4) is 0 Å². The van der Waals surface area contributed by atoms with Crippen LogP contribution in [0.3, 0.4) is 0 Å². The summed E-state index contributed by atoms with van der Waals surface area (Å²) < 4.78 is 5.35. The molecule has 0 saturated carbocycles. The van der Waals surface area contributed by atoms with E-state index in [-0.39, 0.29) is 11.8 Å². The Hall–Kier alpha value is -0.260. The van der Waals surface area contributed by atoms with Crippen LogP contribution in [0, 0.1) is 5.92 Å². The Labute approximate surface area is 104 Å². The summed E-state index contributed by atoms with van der Waals surface area (Å²) in [4.78, 5) is 11.3. The van der Waals surface area contributed by atoms with Gasteiger partial charge in [-0.1, -0.05) is 20.8 Å². The van der Waals surface area contributed by atoms with Crippen molar-refractivity contribution < 1.29 is 9.53 Å². The number of carbonyl (C=O) groups excluding carboxylic acids is 1. The van der Waals surface area contributed by atoms with Gasteiger partial charge in [0.2, 0.25) is 5.91 Å². The van der Waals surface area contributed by atoms with Crippen LogP contribution in [0.5, 0.6) is 0 Å². The average molecular weight is 248 g/mol. The zero-order valence-electron chi connectivity index (χ0n) is 10.5. The Morgan fingerprint density at radius 3 is 2.44 bits per heavy atom. The number of nitrogens with one attached hydrogen (secondary N) is 2. The summed E-state index contributed by atoms with van der Waals surface area (Å²) in [5.74, 6) is 0.579. The maximum absolute atomic E-state index is 11.3. The van der Waals surface area contributed by atoms with E-state index in [0.717, 1.165) is 6.54 Å². The van der Waals surface area contributed by atoms with Crippen molar-refractivity contribution in [2.24, 2.45) is 5.92 Å². The van der Waals surface area contributed by atoms with Crippen molar-refractivity contribution in [1.82, 2.24) is 10.6 Å². The molecule has 16 heavy (non-hydrogen) atoms. The Morgan fingerprint density at radius 2 is 1.88 bits per heavy atom. The molecule has 1 unspecified atom stereocenters. The third kappa shape index (κ3) is 9.00. The summed E-state index contributed by atoms with van der Waals surface area (Å²) in [7, 11) is 0. The van der Waals surface area contributed by atoms with Gasteiger partial charge in [-0.15, -0.1) is 0 Å². The minimum atomic E-state index is -0.0362. The van der Waals surface area contributed by atoms with Crippen molar-refractivity contribution in [3.63, 3.8) is 0 Å². The third-order valence-corrected chi connectivity index (χ3v) is 2.61. The zero-order chi connectivity index (χ0) is 12.4. The van der Waals surface area contributed by atoms with Crippen LogP contribution in [0.15, 0.2) is 0 Å². The van der Waals surface area contributed by atoms with Gasteiger partial charge in [0.15, 0.2) is 0 Å². The van der Waals surface area contributed by atoms with Crippen LogP contribution >= 0.6 is 12.6 Å². The van der Waals surface area contributed by atoms with Gasteiger partial charge in [0.25, 0.3) is 0 Å². The van der Waals surface area contributed by atoms with Crippen LogP contribution in [-0.4, -0.2) is 44.0 Å². The molecule has 5 heteroatoms. The van der Waals surface area contributed by atoms with Crippen LogP contribution in [0.1, 0.15) is 20.8 Å². The molecule has 0 aliphatic heterocycles. The number of carbonyl (C=O) groups is 1. The molecule has 1 amide bonds. The normalized spacial score (nSPS) is 12.8. The predicted octanol–water partition coefficient (Wildman–Crippen LogP) is 0.683. The van der Waals surface area contributed by atoms with Gasteiger partial charge in [-0.2, -0.15) is 12.6 Å². The Bertz CT molecular complexity index is 189. The first-order chi connectivity index (χ1) is 7.57. The lowest BCUT2D eigenvalue weighted by Gasteiger charge is -2.11. The molecule has 0 spiro atoms. The van der Waals surface area contributed by atoms with Crippen molar-refractivity contribution in [2.45, 2.75) is 26.8 Å². The lowest BCUT2D eigenvalue weighted by Crippen LogP contribution is -2.33. The quantitative estimate of drug-likeness (QED) is 0.415. The molecule has 96 valence electrons. The fourth-order valence-corrected chi connectivity index (χ4v) is 1.19. The van der Waals surface area contributed by atoms with Crippen molar-refractivity contribution in [2.75, 3.05) is 32.1 Å². The lowest BCUT2D eigenvalue weighted by molar-refractivity contribution is -0.124. The fourth-order valence-electron chi connectivity index (χ4n) is 1.03. The Kier molecular flexibility index (Phi) is 9.77. The van der Waals surface area contributed by atoms with Gasteiger partial charge >= 0.3 is 0 Å². The molecule has 0 fully saturated rings. The van der Waals surface area contributed by atoms with Gasteiger partial charge in [0.1, 0.15) is 0 Å². The number of hydrogen-bond acceptors (Lipinski definition) is 4. The first-order valence-electron chi connectivity index (χ1n) is 5.77. The van der Waals surface area contributed by atoms with Gasteiger partial charge in [-0.05, 0) is 0 Å². The molecule has 0 saturated heterocycles. The van der Waals surface area contributed by atoms with E-state index in [0.29, 0.717) is 31.6 Å². The second-order valence-electron chi connectivity index (χ2n) is 4.10. The zero-order valence-corrected chi connectivity index (χ0v) is 11.3. The third-order valence-electron chi connectivity index (χ3n) is 2.07. The molecule has 0 bridgehead atoms. The molecule has 0 radical (unpaired) electrons. The number of ether oxygens (including phenoxy) is 1. The molecule has 0 heterocycles. The van der Waals surface area contributed by atoms with E-state index in [9.17, 15) is 4.79 Å². The van der Waals surface area contributed by atoms with E-state index in [4.69, 9.17) is 4.74 Å². The summed E-state index contributed by atoms with van der Waals surface area (Å²) in [6.07, 6.45) is 0. The largest absolute Gasteiger partial charge is 0.378 e. The highest BCUT2D eigenvalue weighted by Crippen LogP contribution is 1.96. The number of rotatable bonds is 9. The smallest absolute Gasteiger partial charge is 0.223 e. The summed E-state index contributed by atoms with van der Waals surface area (Å²) in [5.41, 5.74) is 0. The minimum Gasteiger partial charge on any atom is -0.378 e. The standard InChI is InChI=1S/C11H24N2O2S/c1-9(2)12-4-6-15-7-5-13-11(14)10(3)8-16/h9-10,12,16H,4-8H2,1-3H3,(H,13,14). The van der Waals surface area contributed by atoms with Gasteiger partial charge in [-0.25, -0.2) is 0 Å². The molecule has 4 nitrogen and oxygen atoms in total. The highest BCUT2D eigenvalue weighted by molar-refractivity contribution is 7.80. The van der Waals surface area contributed by atoms with Crippen LogP contribution in [0.2, 0.25) is 0 Å². The van der Waals surface area contributed by atoms with E-state index in [1.165, 1.54) is 0 Å². The van der Waals surface area contributed by atoms with Crippen molar-refractivity contribution in [3.05, 3.63) is 0 Å². The highest BCUT2D eigenvalue weighted by Gasteiger charge is 2.08. The molecule has 0 aliphatic carbocycles.